The zero-order chi connectivity index (χ0) is 12.1. The Morgan fingerprint density at radius 2 is 2.47 bits per heavy atom. The normalized spacial score (nSPS) is 29.0. The van der Waals surface area contributed by atoms with Gasteiger partial charge < -0.3 is 14.8 Å². The third-order valence-corrected chi connectivity index (χ3v) is 3.57. The summed E-state index contributed by atoms with van der Waals surface area (Å²) < 4.78 is 10.4. The quantitative estimate of drug-likeness (QED) is 0.543. The highest BCUT2D eigenvalue weighted by Crippen LogP contribution is 2.22. The lowest BCUT2D eigenvalue weighted by molar-refractivity contribution is -0.140. The van der Waals surface area contributed by atoms with Gasteiger partial charge in [0.2, 0.25) is 0 Å². The summed E-state index contributed by atoms with van der Waals surface area (Å²) in [4.78, 5) is 13.4. The van der Waals surface area contributed by atoms with Gasteiger partial charge in [-0.25, -0.2) is 0 Å². The van der Waals surface area contributed by atoms with Crippen molar-refractivity contribution in [2.45, 2.75) is 31.4 Å². The first-order valence-electron chi connectivity index (χ1n) is 6.43. The van der Waals surface area contributed by atoms with Gasteiger partial charge in [0.15, 0.2) is 0 Å². The standard InChI is InChI=1S/C12H22N2O3/c1-16-12(15)4-5-13-7-11-8-14-6-2-3-10(14)9-17-11/h10-11,13H,2-9H2,1H3. The number of rotatable bonds is 5. The highest BCUT2D eigenvalue weighted by molar-refractivity contribution is 5.69. The predicted octanol–water partition coefficient (Wildman–Crippen LogP) is 0.00230. The van der Waals surface area contributed by atoms with E-state index >= 15 is 0 Å². The van der Waals surface area contributed by atoms with Crippen molar-refractivity contribution in [3.05, 3.63) is 0 Å². The summed E-state index contributed by atoms with van der Waals surface area (Å²) in [6, 6.07) is 0.654. The molecule has 0 saturated carbocycles. The van der Waals surface area contributed by atoms with Gasteiger partial charge in [-0.2, -0.15) is 0 Å². The van der Waals surface area contributed by atoms with E-state index in [-0.39, 0.29) is 12.1 Å². The van der Waals surface area contributed by atoms with Crippen LogP contribution in [0.3, 0.4) is 0 Å². The predicted molar refractivity (Wildman–Crippen MR) is 63.8 cm³/mol. The molecular weight excluding hydrogens is 220 g/mol. The SMILES string of the molecule is COC(=O)CCNCC1CN2CCCC2CO1. The van der Waals surface area contributed by atoms with Crippen molar-refractivity contribution < 1.29 is 14.3 Å². The number of fused-ring (bicyclic) bond motifs is 1. The molecule has 2 unspecified atom stereocenters. The fourth-order valence-corrected chi connectivity index (χ4v) is 2.56. The minimum absolute atomic E-state index is 0.165. The molecule has 5 heteroatoms. The molecule has 2 fully saturated rings. The highest BCUT2D eigenvalue weighted by Gasteiger charge is 2.31. The minimum atomic E-state index is -0.165. The number of hydrogen-bond acceptors (Lipinski definition) is 5. The van der Waals surface area contributed by atoms with Crippen molar-refractivity contribution in [2.24, 2.45) is 0 Å². The molecule has 17 heavy (non-hydrogen) atoms. The average Bonchev–Trinajstić information content (AvgIpc) is 2.81. The molecular formula is C12H22N2O3. The number of morpholine rings is 1. The van der Waals surface area contributed by atoms with Crippen LogP contribution in [-0.4, -0.2) is 62.9 Å². The number of carbonyl (C=O) groups is 1. The van der Waals surface area contributed by atoms with Crippen molar-refractivity contribution in [3.63, 3.8) is 0 Å². The van der Waals surface area contributed by atoms with E-state index in [9.17, 15) is 4.79 Å². The number of carbonyl (C=O) groups excluding carboxylic acids is 1. The summed E-state index contributed by atoms with van der Waals surface area (Å²) in [5, 5.41) is 3.25. The van der Waals surface area contributed by atoms with Crippen molar-refractivity contribution in [3.8, 4) is 0 Å². The maximum absolute atomic E-state index is 10.9. The van der Waals surface area contributed by atoms with Crippen LogP contribution in [0.5, 0.6) is 0 Å². The first-order valence-corrected chi connectivity index (χ1v) is 6.43. The van der Waals surface area contributed by atoms with E-state index in [1.807, 2.05) is 0 Å². The van der Waals surface area contributed by atoms with Crippen LogP contribution in [0.2, 0.25) is 0 Å². The fourth-order valence-electron chi connectivity index (χ4n) is 2.56. The molecule has 0 aromatic rings. The largest absolute Gasteiger partial charge is 0.469 e. The van der Waals surface area contributed by atoms with E-state index in [1.54, 1.807) is 0 Å². The highest BCUT2D eigenvalue weighted by atomic mass is 16.5. The van der Waals surface area contributed by atoms with Gasteiger partial charge in [-0.1, -0.05) is 0 Å². The number of ether oxygens (including phenoxy) is 2. The first-order chi connectivity index (χ1) is 8.29. The van der Waals surface area contributed by atoms with Crippen LogP contribution in [0, 0.1) is 0 Å². The van der Waals surface area contributed by atoms with Gasteiger partial charge in [-0.3, -0.25) is 9.69 Å². The van der Waals surface area contributed by atoms with Crippen LogP contribution < -0.4 is 5.32 Å². The number of nitrogens with one attached hydrogen (secondary N) is 1. The fraction of sp³-hybridized carbons (Fsp3) is 0.917. The first kappa shape index (κ1) is 12.8. The van der Waals surface area contributed by atoms with Crippen LogP contribution in [0.15, 0.2) is 0 Å². The lowest BCUT2D eigenvalue weighted by atomic mass is 10.2. The topological polar surface area (TPSA) is 50.8 Å². The van der Waals surface area contributed by atoms with E-state index in [1.165, 1.54) is 26.5 Å². The van der Waals surface area contributed by atoms with E-state index in [0.29, 0.717) is 19.0 Å². The summed E-state index contributed by atoms with van der Waals surface area (Å²) in [7, 11) is 1.42. The van der Waals surface area contributed by atoms with Crippen molar-refractivity contribution in [2.75, 3.05) is 39.9 Å². The monoisotopic (exact) mass is 242 g/mol. The Labute approximate surface area is 102 Å². The third-order valence-electron chi connectivity index (χ3n) is 3.57. The molecule has 0 spiro atoms. The van der Waals surface area contributed by atoms with Gasteiger partial charge >= 0.3 is 5.97 Å². The van der Waals surface area contributed by atoms with Crippen molar-refractivity contribution >= 4 is 5.97 Å². The number of methoxy groups -OCH3 is 1. The van der Waals surface area contributed by atoms with Gasteiger partial charge in [-0.05, 0) is 19.4 Å². The Balaban J connectivity index is 1.59. The van der Waals surface area contributed by atoms with Gasteiger partial charge in [-0.15, -0.1) is 0 Å². The number of esters is 1. The molecule has 2 atom stereocenters. The van der Waals surface area contributed by atoms with Crippen LogP contribution in [0.4, 0.5) is 0 Å². The van der Waals surface area contributed by atoms with Crippen LogP contribution in [0.25, 0.3) is 0 Å². The van der Waals surface area contributed by atoms with E-state index in [4.69, 9.17) is 4.74 Å². The summed E-state index contributed by atoms with van der Waals surface area (Å²) in [6.45, 7) is 4.59. The summed E-state index contributed by atoms with van der Waals surface area (Å²) >= 11 is 0. The molecule has 2 aliphatic rings. The van der Waals surface area contributed by atoms with E-state index in [2.05, 4.69) is 15.0 Å². The Morgan fingerprint density at radius 3 is 3.29 bits per heavy atom. The molecule has 0 amide bonds. The Bertz CT molecular complexity index is 260. The lowest BCUT2D eigenvalue weighted by Crippen LogP contribution is -2.49. The molecule has 1 N–H and O–H groups in total. The molecule has 2 saturated heterocycles. The molecule has 0 aliphatic carbocycles. The Kier molecular flexibility index (Phi) is 4.76. The van der Waals surface area contributed by atoms with Crippen LogP contribution in [0.1, 0.15) is 19.3 Å². The molecule has 0 radical (unpaired) electrons. The summed E-state index contributed by atoms with van der Waals surface area (Å²) in [6.07, 6.45) is 3.27. The molecule has 0 bridgehead atoms. The molecule has 2 rings (SSSR count). The van der Waals surface area contributed by atoms with Crippen molar-refractivity contribution in [1.29, 1.82) is 0 Å². The molecule has 2 heterocycles. The Morgan fingerprint density at radius 1 is 1.59 bits per heavy atom. The molecule has 5 nitrogen and oxygen atoms in total. The summed E-state index contributed by atoms with van der Waals surface area (Å²) in [5.41, 5.74) is 0. The van der Waals surface area contributed by atoms with E-state index < -0.39 is 0 Å². The van der Waals surface area contributed by atoms with Crippen LogP contribution >= 0.6 is 0 Å². The van der Waals surface area contributed by atoms with Crippen molar-refractivity contribution in [1.82, 2.24) is 10.2 Å². The zero-order valence-electron chi connectivity index (χ0n) is 10.5. The molecule has 0 aromatic carbocycles. The van der Waals surface area contributed by atoms with Gasteiger partial charge in [0.05, 0.1) is 26.2 Å². The van der Waals surface area contributed by atoms with E-state index in [0.717, 1.165) is 19.7 Å². The Hall–Kier alpha value is -0.650. The minimum Gasteiger partial charge on any atom is -0.469 e. The van der Waals surface area contributed by atoms with Gasteiger partial charge in [0.25, 0.3) is 0 Å². The second kappa shape index (κ2) is 6.33. The summed E-state index contributed by atoms with van der Waals surface area (Å²) in [5.74, 6) is -0.165. The maximum Gasteiger partial charge on any atom is 0.306 e. The zero-order valence-corrected chi connectivity index (χ0v) is 10.5. The second-order valence-corrected chi connectivity index (χ2v) is 4.78. The lowest BCUT2D eigenvalue weighted by Gasteiger charge is -2.35. The molecule has 0 aromatic heterocycles. The third kappa shape index (κ3) is 3.66. The number of nitrogens with zero attached hydrogens (tertiary/aromatic N) is 1. The maximum atomic E-state index is 10.9. The number of hydrogen-bond donors (Lipinski definition) is 1. The van der Waals surface area contributed by atoms with Gasteiger partial charge in [0.1, 0.15) is 0 Å². The van der Waals surface area contributed by atoms with Crippen LogP contribution in [-0.2, 0) is 14.3 Å². The average molecular weight is 242 g/mol. The smallest absolute Gasteiger partial charge is 0.306 e. The second-order valence-electron chi connectivity index (χ2n) is 4.78. The molecule has 98 valence electrons. The molecule has 2 aliphatic heterocycles. The van der Waals surface area contributed by atoms with Gasteiger partial charge in [0, 0.05) is 25.7 Å².